The van der Waals surface area contributed by atoms with Gasteiger partial charge in [0, 0.05) is 24.9 Å². The molecule has 2 heterocycles. The Labute approximate surface area is 126 Å². The molecule has 1 aliphatic heterocycles. The summed E-state index contributed by atoms with van der Waals surface area (Å²) in [5.74, 6) is 0. The van der Waals surface area contributed by atoms with Gasteiger partial charge in [0.2, 0.25) is 0 Å². The van der Waals surface area contributed by atoms with Crippen LogP contribution in [0.1, 0.15) is 38.3 Å². The van der Waals surface area contributed by atoms with Crippen LogP contribution in [0.4, 0.5) is 0 Å². The second-order valence-electron chi connectivity index (χ2n) is 6.61. The highest BCUT2D eigenvalue weighted by Gasteiger charge is 2.28. The Bertz CT molecular complexity index is 612. The SMILES string of the molecule is Cn1nc(CC(C)(O)CC2CCCCN2)c2ccccc21. The van der Waals surface area contributed by atoms with Gasteiger partial charge in [-0.3, -0.25) is 4.68 Å². The average Bonchev–Trinajstić information content (AvgIpc) is 2.76. The number of hydrogen-bond donors (Lipinski definition) is 2. The molecule has 0 amide bonds. The fourth-order valence-electron chi connectivity index (χ4n) is 3.48. The number of nitrogens with zero attached hydrogens (tertiary/aromatic N) is 2. The maximum Gasteiger partial charge on any atom is 0.0731 e. The second-order valence-corrected chi connectivity index (χ2v) is 6.61. The molecule has 1 aromatic heterocycles. The minimum Gasteiger partial charge on any atom is -0.390 e. The normalized spacial score (nSPS) is 22.3. The van der Waals surface area contributed by atoms with E-state index in [1.54, 1.807) is 0 Å². The van der Waals surface area contributed by atoms with E-state index in [4.69, 9.17) is 0 Å². The van der Waals surface area contributed by atoms with E-state index in [9.17, 15) is 5.11 Å². The molecule has 0 radical (unpaired) electrons. The first-order chi connectivity index (χ1) is 10.1. The largest absolute Gasteiger partial charge is 0.390 e. The van der Waals surface area contributed by atoms with Crippen molar-refractivity contribution in [2.75, 3.05) is 6.54 Å². The molecule has 4 nitrogen and oxygen atoms in total. The number of rotatable bonds is 4. The summed E-state index contributed by atoms with van der Waals surface area (Å²) in [5.41, 5.74) is 1.40. The third kappa shape index (κ3) is 3.27. The number of aromatic nitrogens is 2. The average molecular weight is 287 g/mol. The van der Waals surface area contributed by atoms with Crippen LogP contribution in [0.3, 0.4) is 0 Å². The molecule has 4 heteroatoms. The van der Waals surface area contributed by atoms with Gasteiger partial charge in [0.1, 0.15) is 0 Å². The van der Waals surface area contributed by atoms with Gasteiger partial charge < -0.3 is 10.4 Å². The Balaban J connectivity index is 1.77. The second kappa shape index (κ2) is 5.78. The molecule has 114 valence electrons. The molecule has 2 unspecified atom stereocenters. The molecule has 2 aromatic rings. The maximum absolute atomic E-state index is 10.8. The van der Waals surface area contributed by atoms with E-state index in [1.165, 1.54) is 19.3 Å². The van der Waals surface area contributed by atoms with Gasteiger partial charge in [-0.15, -0.1) is 0 Å². The fraction of sp³-hybridized carbons (Fsp3) is 0.588. The van der Waals surface area contributed by atoms with Crippen molar-refractivity contribution in [1.82, 2.24) is 15.1 Å². The summed E-state index contributed by atoms with van der Waals surface area (Å²) in [7, 11) is 1.96. The molecular weight excluding hydrogens is 262 g/mol. The van der Waals surface area contributed by atoms with Crippen molar-refractivity contribution in [3.63, 3.8) is 0 Å². The Morgan fingerprint density at radius 3 is 2.95 bits per heavy atom. The van der Waals surface area contributed by atoms with Crippen molar-refractivity contribution in [2.24, 2.45) is 7.05 Å². The lowest BCUT2D eigenvalue weighted by Crippen LogP contribution is -2.42. The number of para-hydroxylation sites is 1. The zero-order chi connectivity index (χ0) is 14.9. The van der Waals surface area contributed by atoms with E-state index < -0.39 is 5.60 Å². The van der Waals surface area contributed by atoms with Gasteiger partial charge in [-0.2, -0.15) is 5.10 Å². The molecule has 3 rings (SSSR count). The third-order valence-corrected chi connectivity index (χ3v) is 4.48. The van der Waals surface area contributed by atoms with Crippen molar-refractivity contribution in [1.29, 1.82) is 0 Å². The zero-order valence-electron chi connectivity index (χ0n) is 13.0. The van der Waals surface area contributed by atoms with Gasteiger partial charge in [-0.25, -0.2) is 0 Å². The van der Waals surface area contributed by atoms with Gasteiger partial charge in [-0.1, -0.05) is 24.6 Å². The summed E-state index contributed by atoms with van der Waals surface area (Å²) in [6.45, 7) is 3.01. The van der Waals surface area contributed by atoms with Gasteiger partial charge in [-0.05, 0) is 38.8 Å². The number of fused-ring (bicyclic) bond motifs is 1. The lowest BCUT2D eigenvalue weighted by Gasteiger charge is -2.31. The lowest BCUT2D eigenvalue weighted by atomic mass is 9.88. The van der Waals surface area contributed by atoms with Crippen molar-refractivity contribution < 1.29 is 5.11 Å². The molecule has 1 saturated heterocycles. The highest BCUT2D eigenvalue weighted by molar-refractivity contribution is 5.81. The number of aryl methyl sites for hydroxylation is 1. The number of nitrogens with one attached hydrogen (secondary N) is 1. The first-order valence-electron chi connectivity index (χ1n) is 7.91. The molecule has 0 aliphatic carbocycles. The Kier molecular flexibility index (Phi) is 4.00. The number of aliphatic hydroxyl groups is 1. The van der Waals surface area contributed by atoms with E-state index in [0.29, 0.717) is 12.5 Å². The lowest BCUT2D eigenvalue weighted by molar-refractivity contribution is 0.0364. The van der Waals surface area contributed by atoms with E-state index in [0.717, 1.165) is 29.6 Å². The minimum atomic E-state index is -0.716. The van der Waals surface area contributed by atoms with E-state index in [2.05, 4.69) is 22.5 Å². The summed E-state index contributed by atoms with van der Waals surface area (Å²) < 4.78 is 1.90. The standard InChI is InChI=1S/C17H25N3O/c1-17(21,11-13-7-5-6-10-18-13)12-15-14-8-3-4-9-16(14)20(2)19-15/h3-4,8-9,13,18,21H,5-7,10-12H2,1-2H3. The Morgan fingerprint density at radius 2 is 2.19 bits per heavy atom. The van der Waals surface area contributed by atoms with Crippen LogP contribution < -0.4 is 5.32 Å². The predicted molar refractivity (Wildman–Crippen MR) is 85.3 cm³/mol. The van der Waals surface area contributed by atoms with Crippen molar-refractivity contribution >= 4 is 10.9 Å². The molecule has 1 aliphatic rings. The fourth-order valence-corrected chi connectivity index (χ4v) is 3.48. The summed E-state index contributed by atoms with van der Waals surface area (Å²) in [4.78, 5) is 0. The molecule has 2 atom stereocenters. The zero-order valence-corrected chi connectivity index (χ0v) is 13.0. The smallest absolute Gasteiger partial charge is 0.0731 e. The van der Waals surface area contributed by atoms with Crippen LogP contribution in [0, 0.1) is 0 Å². The molecule has 1 fully saturated rings. The quantitative estimate of drug-likeness (QED) is 0.908. The first-order valence-corrected chi connectivity index (χ1v) is 7.91. The van der Waals surface area contributed by atoms with Crippen molar-refractivity contribution in [3.8, 4) is 0 Å². The summed E-state index contributed by atoms with van der Waals surface area (Å²) in [5, 5.41) is 20.1. The maximum atomic E-state index is 10.8. The summed E-state index contributed by atoms with van der Waals surface area (Å²) in [6.07, 6.45) is 5.08. The van der Waals surface area contributed by atoms with Crippen LogP contribution in [0.15, 0.2) is 24.3 Å². The van der Waals surface area contributed by atoms with Crippen LogP contribution in [0.5, 0.6) is 0 Å². The molecule has 2 N–H and O–H groups in total. The van der Waals surface area contributed by atoms with Crippen LogP contribution in [0.2, 0.25) is 0 Å². The Hall–Kier alpha value is -1.39. The van der Waals surface area contributed by atoms with Gasteiger partial charge >= 0.3 is 0 Å². The Morgan fingerprint density at radius 1 is 1.38 bits per heavy atom. The predicted octanol–water partition coefficient (Wildman–Crippen LogP) is 2.40. The molecule has 0 bridgehead atoms. The van der Waals surface area contributed by atoms with Gasteiger partial charge in [0.25, 0.3) is 0 Å². The molecule has 21 heavy (non-hydrogen) atoms. The number of hydrogen-bond acceptors (Lipinski definition) is 3. The van der Waals surface area contributed by atoms with Gasteiger partial charge in [0.15, 0.2) is 0 Å². The summed E-state index contributed by atoms with van der Waals surface area (Å²) in [6, 6.07) is 8.65. The monoisotopic (exact) mass is 287 g/mol. The van der Waals surface area contributed by atoms with Crippen LogP contribution in [0.25, 0.3) is 10.9 Å². The molecule has 0 saturated carbocycles. The highest BCUT2D eigenvalue weighted by atomic mass is 16.3. The third-order valence-electron chi connectivity index (χ3n) is 4.48. The molecule has 0 spiro atoms. The highest BCUT2D eigenvalue weighted by Crippen LogP contribution is 2.26. The van der Waals surface area contributed by atoms with Crippen LogP contribution in [-0.2, 0) is 13.5 Å². The first kappa shape index (κ1) is 14.5. The number of benzene rings is 1. The van der Waals surface area contributed by atoms with E-state index >= 15 is 0 Å². The van der Waals surface area contributed by atoms with Gasteiger partial charge in [0.05, 0.1) is 16.8 Å². The molecule has 1 aromatic carbocycles. The van der Waals surface area contributed by atoms with Crippen molar-refractivity contribution in [2.45, 2.75) is 50.7 Å². The van der Waals surface area contributed by atoms with Crippen LogP contribution in [-0.4, -0.2) is 33.1 Å². The van der Waals surface area contributed by atoms with E-state index in [1.807, 2.05) is 30.8 Å². The van der Waals surface area contributed by atoms with Crippen molar-refractivity contribution in [3.05, 3.63) is 30.0 Å². The summed E-state index contributed by atoms with van der Waals surface area (Å²) >= 11 is 0. The van der Waals surface area contributed by atoms with E-state index in [-0.39, 0.29) is 0 Å². The molecular formula is C17H25N3O. The van der Waals surface area contributed by atoms with Crippen LogP contribution >= 0.6 is 0 Å². The number of piperidine rings is 1. The minimum absolute atomic E-state index is 0.434. The topological polar surface area (TPSA) is 50.1 Å².